The van der Waals surface area contributed by atoms with Crippen LogP contribution in [0.1, 0.15) is 18.4 Å². The molecule has 0 spiro atoms. The molecular weight excluding hydrogens is 266 g/mol. The number of nitriles is 1. The number of nitrogens with two attached hydrogens (primary N) is 1. The van der Waals surface area contributed by atoms with E-state index in [-0.39, 0.29) is 22.7 Å². The number of rotatable bonds is 4. The minimum atomic E-state index is -3.65. The molecule has 0 aliphatic heterocycles. The van der Waals surface area contributed by atoms with E-state index in [2.05, 4.69) is 4.72 Å². The van der Waals surface area contributed by atoms with Crippen molar-refractivity contribution in [1.29, 1.82) is 5.26 Å². The van der Waals surface area contributed by atoms with Gasteiger partial charge >= 0.3 is 0 Å². The molecule has 0 radical (unpaired) electrons. The van der Waals surface area contributed by atoms with E-state index in [1.165, 1.54) is 18.2 Å². The Hall–Kier alpha value is -1.62. The summed E-state index contributed by atoms with van der Waals surface area (Å²) >= 11 is 0. The number of nitrogens with one attached hydrogen (secondary N) is 1. The Balaban J connectivity index is 2.14. The van der Waals surface area contributed by atoms with Gasteiger partial charge in [-0.3, -0.25) is 0 Å². The zero-order chi connectivity index (χ0) is 14.0. The third-order valence-corrected chi connectivity index (χ3v) is 4.77. The molecule has 1 aliphatic rings. The number of anilines is 1. The number of nitrogens with zero attached hydrogens (tertiary/aromatic N) is 1. The number of nitrogen functional groups attached to an aromatic ring is 1. The number of methoxy groups -OCH3 is 1. The summed E-state index contributed by atoms with van der Waals surface area (Å²) in [4.78, 5) is 0.00682. The van der Waals surface area contributed by atoms with Gasteiger partial charge in [0.2, 0.25) is 10.0 Å². The van der Waals surface area contributed by atoms with E-state index < -0.39 is 10.0 Å². The smallest absolute Gasteiger partial charge is 0.242 e. The van der Waals surface area contributed by atoms with Crippen LogP contribution in [-0.4, -0.2) is 27.7 Å². The van der Waals surface area contributed by atoms with Crippen molar-refractivity contribution in [3.8, 4) is 6.07 Å². The second-order valence-electron chi connectivity index (χ2n) is 4.51. The summed E-state index contributed by atoms with van der Waals surface area (Å²) in [5.74, 6) is 0. The maximum Gasteiger partial charge on any atom is 0.242 e. The molecule has 0 aromatic heterocycles. The highest BCUT2D eigenvalue weighted by molar-refractivity contribution is 7.89. The third-order valence-electron chi connectivity index (χ3n) is 3.18. The molecule has 2 rings (SSSR count). The van der Waals surface area contributed by atoms with E-state index in [9.17, 15) is 8.42 Å². The zero-order valence-electron chi connectivity index (χ0n) is 10.5. The minimum absolute atomic E-state index is 0.00682. The van der Waals surface area contributed by atoms with E-state index in [4.69, 9.17) is 15.7 Å². The van der Waals surface area contributed by atoms with Gasteiger partial charge in [0.15, 0.2) is 0 Å². The summed E-state index contributed by atoms with van der Waals surface area (Å²) in [7, 11) is -2.04. The Morgan fingerprint density at radius 3 is 2.68 bits per heavy atom. The normalized spacial score (nSPS) is 22.5. The Bertz CT molecular complexity index is 616. The molecule has 7 heteroatoms. The van der Waals surface area contributed by atoms with Gasteiger partial charge in [0, 0.05) is 13.2 Å². The largest absolute Gasteiger partial charge is 0.398 e. The molecule has 0 unspecified atom stereocenters. The van der Waals surface area contributed by atoms with Crippen LogP contribution in [0.5, 0.6) is 0 Å². The molecule has 19 heavy (non-hydrogen) atoms. The molecule has 1 aliphatic carbocycles. The van der Waals surface area contributed by atoms with Crippen LogP contribution in [0.4, 0.5) is 5.69 Å². The van der Waals surface area contributed by atoms with Gasteiger partial charge in [0.1, 0.15) is 4.90 Å². The summed E-state index contributed by atoms with van der Waals surface area (Å²) in [6, 6.07) is 5.93. The van der Waals surface area contributed by atoms with Crippen molar-refractivity contribution in [3.63, 3.8) is 0 Å². The number of hydrogen-bond donors (Lipinski definition) is 2. The van der Waals surface area contributed by atoms with Crippen molar-refractivity contribution in [2.75, 3.05) is 12.8 Å². The predicted molar refractivity (Wildman–Crippen MR) is 69.7 cm³/mol. The first kappa shape index (κ1) is 13.8. The number of hydrogen-bond acceptors (Lipinski definition) is 5. The predicted octanol–water partition coefficient (Wildman–Crippen LogP) is 0.596. The fraction of sp³-hybridized carbons (Fsp3) is 0.417. The summed E-state index contributed by atoms with van der Waals surface area (Å²) < 4.78 is 31.9. The lowest BCUT2D eigenvalue weighted by Gasteiger charge is -2.34. The molecule has 1 fully saturated rings. The Labute approximate surface area is 112 Å². The van der Waals surface area contributed by atoms with Crippen LogP contribution >= 0.6 is 0 Å². The highest BCUT2D eigenvalue weighted by Gasteiger charge is 2.33. The van der Waals surface area contributed by atoms with E-state index in [1.807, 2.05) is 6.07 Å². The lowest BCUT2D eigenvalue weighted by Crippen LogP contribution is -2.47. The van der Waals surface area contributed by atoms with Gasteiger partial charge in [-0.05, 0) is 31.0 Å². The van der Waals surface area contributed by atoms with Crippen LogP contribution in [-0.2, 0) is 14.8 Å². The first-order valence-electron chi connectivity index (χ1n) is 5.81. The average Bonchev–Trinajstić information content (AvgIpc) is 2.32. The summed E-state index contributed by atoms with van der Waals surface area (Å²) in [6.07, 6.45) is 1.43. The highest BCUT2D eigenvalue weighted by atomic mass is 32.2. The van der Waals surface area contributed by atoms with Crippen LogP contribution in [0.2, 0.25) is 0 Å². The molecule has 1 aromatic carbocycles. The van der Waals surface area contributed by atoms with Crippen LogP contribution < -0.4 is 10.5 Å². The fourth-order valence-electron chi connectivity index (χ4n) is 2.00. The molecule has 0 atom stereocenters. The van der Waals surface area contributed by atoms with Gasteiger partial charge in [-0.2, -0.15) is 5.26 Å². The molecule has 102 valence electrons. The molecule has 0 heterocycles. The highest BCUT2D eigenvalue weighted by Crippen LogP contribution is 2.26. The standard InChI is InChI=1S/C12H15N3O3S/c1-18-10-5-9(6-10)15-19(16,17)12-3-2-8(7-13)4-11(12)14/h2-4,9-10,15H,5-6,14H2,1H3. The van der Waals surface area contributed by atoms with E-state index >= 15 is 0 Å². The maximum atomic E-state index is 12.1. The van der Waals surface area contributed by atoms with Crippen LogP contribution in [0.25, 0.3) is 0 Å². The molecule has 0 amide bonds. The van der Waals surface area contributed by atoms with E-state index in [0.717, 1.165) is 0 Å². The van der Waals surface area contributed by atoms with Gasteiger partial charge in [-0.1, -0.05) is 0 Å². The lowest BCUT2D eigenvalue weighted by atomic mass is 9.90. The van der Waals surface area contributed by atoms with Gasteiger partial charge in [-0.25, -0.2) is 13.1 Å². The maximum absolute atomic E-state index is 12.1. The Kier molecular flexibility index (Phi) is 3.75. The lowest BCUT2D eigenvalue weighted by molar-refractivity contribution is 0.0236. The SMILES string of the molecule is COC1CC(NS(=O)(=O)c2ccc(C#N)cc2N)C1. The monoisotopic (exact) mass is 281 g/mol. The topological polar surface area (TPSA) is 105 Å². The minimum Gasteiger partial charge on any atom is -0.398 e. The van der Waals surface area contributed by atoms with Crippen LogP contribution in [0.3, 0.4) is 0 Å². The summed E-state index contributed by atoms with van der Waals surface area (Å²) in [5, 5.41) is 8.72. The quantitative estimate of drug-likeness (QED) is 0.786. The molecule has 1 aromatic rings. The number of sulfonamides is 1. The van der Waals surface area contributed by atoms with Gasteiger partial charge in [0.05, 0.1) is 23.4 Å². The second kappa shape index (κ2) is 5.17. The molecule has 6 nitrogen and oxygen atoms in total. The van der Waals surface area contributed by atoms with Gasteiger partial charge in [-0.15, -0.1) is 0 Å². The third kappa shape index (κ3) is 2.87. The van der Waals surface area contributed by atoms with E-state index in [1.54, 1.807) is 7.11 Å². The van der Waals surface area contributed by atoms with Crippen molar-refractivity contribution in [3.05, 3.63) is 23.8 Å². The number of benzene rings is 1. The average molecular weight is 281 g/mol. The van der Waals surface area contributed by atoms with Crippen molar-refractivity contribution >= 4 is 15.7 Å². The van der Waals surface area contributed by atoms with Crippen LogP contribution in [0.15, 0.2) is 23.1 Å². The Morgan fingerprint density at radius 2 is 2.16 bits per heavy atom. The number of ether oxygens (including phenoxy) is 1. The van der Waals surface area contributed by atoms with Gasteiger partial charge in [0.25, 0.3) is 0 Å². The van der Waals surface area contributed by atoms with E-state index in [0.29, 0.717) is 18.4 Å². The summed E-state index contributed by atoms with van der Waals surface area (Å²) in [5.41, 5.74) is 6.09. The van der Waals surface area contributed by atoms with Gasteiger partial charge < -0.3 is 10.5 Å². The van der Waals surface area contributed by atoms with Crippen molar-refractivity contribution < 1.29 is 13.2 Å². The van der Waals surface area contributed by atoms with Crippen molar-refractivity contribution in [2.45, 2.75) is 29.9 Å². The first-order valence-corrected chi connectivity index (χ1v) is 7.29. The molecule has 0 saturated heterocycles. The molecular formula is C12H15N3O3S. The first-order chi connectivity index (χ1) is 8.96. The second-order valence-corrected chi connectivity index (χ2v) is 6.19. The summed E-state index contributed by atoms with van der Waals surface area (Å²) in [6.45, 7) is 0. The van der Waals surface area contributed by atoms with Crippen molar-refractivity contribution in [1.82, 2.24) is 4.72 Å². The molecule has 3 N–H and O–H groups in total. The van der Waals surface area contributed by atoms with Crippen LogP contribution in [0, 0.1) is 11.3 Å². The fourth-order valence-corrected chi connectivity index (χ4v) is 3.37. The van der Waals surface area contributed by atoms with Crippen molar-refractivity contribution in [2.24, 2.45) is 0 Å². The zero-order valence-corrected chi connectivity index (χ0v) is 11.3. The Morgan fingerprint density at radius 1 is 1.47 bits per heavy atom. The molecule has 0 bridgehead atoms. The molecule has 1 saturated carbocycles.